The van der Waals surface area contributed by atoms with Crippen molar-refractivity contribution in [3.8, 4) is 0 Å². The van der Waals surface area contributed by atoms with E-state index in [0.717, 1.165) is 12.8 Å². The molecule has 0 spiro atoms. The Morgan fingerprint density at radius 3 is 1.58 bits per heavy atom. The van der Waals surface area contributed by atoms with E-state index in [4.69, 9.17) is 5.11 Å². The molecule has 0 aliphatic carbocycles. The summed E-state index contributed by atoms with van der Waals surface area (Å²) in [6.45, 7) is 10.4. The molecule has 0 heterocycles. The molecule has 12 heavy (non-hydrogen) atoms. The first-order valence-corrected chi connectivity index (χ1v) is 5.31. The lowest BCUT2D eigenvalue weighted by molar-refractivity contribution is 0.117. The molecule has 0 aromatic heterocycles. The van der Waals surface area contributed by atoms with Crippen LogP contribution in [-0.2, 0) is 0 Å². The maximum absolute atomic E-state index is 9.14. The van der Waals surface area contributed by atoms with Crippen molar-refractivity contribution >= 4 is 0 Å². The molecule has 0 bridgehead atoms. The molecule has 0 saturated heterocycles. The third-order valence-corrected chi connectivity index (χ3v) is 1.87. The summed E-state index contributed by atoms with van der Waals surface area (Å²) in [6.07, 6.45) is 4.58. The Morgan fingerprint density at radius 1 is 1.08 bits per heavy atom. The van der Waals surface area contributed by atoms with Crippen molar-refractivity contribution in [1.29, 1.82) is 0 Å². The van der Waals surface area contributed by atoms with Crippen LogP contribution in [0.1, 0.15) is 60.3 Å². The van der Waals surface area contributed by atoms with Crippen LogP contribution in [0.2, 0.25) is 0 Å². The van der Waals surface area contributed by atoms with Crippen molar-refractivity contribution in [2.24, 2.45) is 5.92 Å². The van der Waals surface area contributed by atoms with E-state index in [1.54, 1.807) is 0 Å². The second kappa shape index (κ2) is 11.0. The van der Waals surface area contributed by atoms with Crippen LogP contribution in [-0.4, -0.2) is 11.2 Å². The summed E-state index contributed by atoms with van der Waals surface area (Å²) in [5.74, 6) is 0.523. The Morgan fingerprint density at radius 2 is 1.50 bits per heavy atom. The zero-order chi connectivity index (χ0) is 9.98. The molecule has 1 N–H and O–H groups in total. The van der Waals surface area contributed by atoms with Gasteiger partial charge in [0.1, 0.15) is 0 Å². The van der Waals surface area contributed by atoms with Gasteiger partial charge in [-0.3, -0.25) is 0 Å². The monoisotopic (exact) mass is 174 g/mol. The minimum atomic E-state index is -0.116. The third-order valence-electron chi connectivity index (χ3n) is 1.87. The largest absolute Gasteiger partial charge is 0.393 e. The lowest BCUT2D eigenvalue weighted by Crippen LogP contribution is -2.14. The number of hydrogen-bond donors (Lipinski definition) is 1. The average Bonchev–Trinajstić information content (AvgIpc) is 2.01. The Balaban J connectivity index is 0. The minimum absolute atomic E-state index is 0.116. The van der Waals surface area contributed by atoms with Gasteiger partial charge in [0.05, 0.1) is 6.10 Å². The number of hydrogen-bond acceptors (Lipinski definition) is 1. The molecule has 1 nitrogen and oxygen atoms in total. The highest BCUT2D eigenvalue weighted by atomic mass is 16.3. The quantitative estimate of drug-likeness (QED) is 0.690. The van der Waals surface area contributed by atoms with Crippen molar-refractivity contribution in [1.82, 2.24) is 0 Å². The average molecular weight is 174 g/mol. The van der Waals surface area contributed by atoms with E-state index in [9.17, 15) is 0 Å². The van der Waals surface area contributed by atoms with Gasteiger partial charge in [0.2, 0.25) is 0 Å². The highest BCUT2D eigenvalue weighted by molar-refractivity contribution is 4.61. The Bertz CT molecular complexity index is 69.4. The fraction of sp³-hybridized carbons (Fsp3) is 1.00. The van der Waals surface area contributed by atoms with Crippen LogP contribution >= 0.6 is 0 Å². The van der Waals surface area contributed by atoms with Gasteiger partial charge in [0, 0.05) is 0 Å². The second-order valence-corrected chi connectivity index (χ2v) is 3.40. The summed E-state index contributed by atoms with van der Waals surface area (Å²) in [6, 6.07) is 0. The summed E-state index contributed by atoms with van der Waals surface area (Å²) < 4.78 is 0. The predicted octanol–water partition coefficient (Wildman–Crippen LogP) is 3.61. The molecule has 0 aliphatic heterocycles. The molecule has 0 saturated carbocycles. The Hall–Kier alpha value is -0.0400. The van der Waals surface area contributed by atoms with Gasteiger partial charge in [-0.05, 0) is 19.3 Å². The van der Waals surface area contributed by atoms with Crippen molar-refractivity contribution in [3.63, 3.8) is 0 Å². The van der Waals surface area contributed by atoms with Gasteiger partial charge < -0.3 is 5.11 Å². The molecule has 1 heteroatoms. The van der Waals surface area contributed by atoms with Gasteiger partial charge in [-0.2, -0.15) is 0 Å². The van der Waals surface area contributed by atoms with E-state index < -0.39 is 0 Å². The molecule has 0 radical (unpaired) electrons. The number of aliphatic hydroxyl groups excluding tert-OH is 1. The van der Waals surface area contributed by atoms with Gasteiger partial charge in [0.25, 0.3) is 0 Å². The van der Waals surface area contributed by atoms with Gasteiger partial charge in [-0.1, -0.05) is 47.0 Å². The fourth-order valence-electron chi connectivity index (χ4n) is 1.16. The molecule has 0 rings (SSSR count). The smallest absolute Gasteiger partial charge is 0.0540 e. The van der Waals surface area contributed by atoms with E-state index in [1.807, 2.05) is 6.92 Å². The molecule has 2 atom stereocenters. The van der Waals surface area contributed by atoms with Crippen molar-refractivity contribution < 1.29 is 5.11 Å². The van der Waals surface area contributed by atoms with E-state index in [2.05, 4.69) is 27.7 Å². The topological polar surface area (TPSA) is 20.2 Å². The molecule has 0 aromatic rings. The summed E-state index contributed by atoms with van der Waals surface area (Å²) in [5, 5.41) is 9.14. The lowest BCUT2D eigenvalue weighted by atomic mass is 9.96. The molecule has 2 unspecified atom stereocenters. The molecule has 0 fully saturated rings. The van der Waals surface area contributed by atoms with E-state index in [0.29, 0.717) is 5.92 Å². The normalized spacial score (nSPS) is 14.5. The SMILES string of the molecule is CCC.CCCC(CC)C(C)O. The zero-order valence-corrected chi connectivity index (χ0v) is 9.43. The van der Waals surface area contributed by atoms with Crippen molar-refractivity contribution in [2.75, 3.05) is 0 Å². The van der Waals surface area contributed by atoms with Gasteiger partial charge in [0.15, 0.2) is 0 Å². The van der Waals surface area contributed by atoms with Gasteiger partial charge in [-0.15, -0.1) is 0 Å². The van der Waals surface area contributed by atoms with Crippen molar-refractivity contribution in [2.45, 2.75) is 66.4 Å². The maximum atomic E-state index is 9.14. The summed E-state index contributed by atoms with van der Waals surface area (Å²) in [7, 11) is 0. The van der Waals surface area contributed by atoms with Gasteiger partial charge in [-0.25, -0.2) is 0 Å². The first-order valence-electron chi connectivity index (χ1n) is 5.31. The standard InChI is InChI=1S/C8H18O.C3H8/c1-4-6-8(5-2)7(3)9;1-3-2/h7-9H,4-6H2,1-3H3;3H2,1-2H3. The first kappa shape index (κ1) is 14.5. The highest BCUT2D eigenvalue weighted by Crippen LogP contribution is 2.14. The summed E-state index contributed by atoms with van der Waals surface area (Å²) >= 11 is 0. The van der Waals surface area contributed by atoms with Crippen LogP contribution < -0.4 is 0 Å². The van der Waals surface area contributed by atoms with Crippen molar-refractivity contribution in [3.05, 3.63) is 0 Å². The molecular weight excluding hydrogens is 148 g/mol. The number of aliphatic hydroxyl groups is 1. The Labute approximate surface area is 78.2 Å². The van der Waals surface area contributed by atoms with Crippen LogP contribution in [0.5, 0.6) is 0 Å². The van der Waals surface area contributed by atoms with Crippen LogP contribution in [0, 0.1) is 5.92 Å². The maximum Gasteiger partial charge on any atom is 0.0540 e. The molecule has 0 aliphatic rings. The number of rotatable bonds is 4. The van der Waals surface area contributed by atoms with E-state index >= 15 is 0 Å². The predicted molar refractivity (Wildman–Crippen MR) is 56.3 cm³/mol. The van der Waals surface area contributed by atoms with Gasteiger partial charge >= 0.3 is 0 Å². The molecule has 0 amide bonds. The summed E-state index contributed by atoms with van der Waals surface area (Å²) in [4.78, 5) is 0. The molecular formula is C11H26O. The van der Waals surface area contributed by atoms with Crippen LogP contribution in [0.25, 0.3) is 0 Å². The van der Waals surface area contributed by atoms with E-state index in [-0.39, 0.29) is 6.10 Å². The molecule has 76 valence electrons. The minimum Gasteiger partial charge on any atom is -0.393 e. The van der Waals surface area contributed by atoms with Crippen LogP contribution in [0.4, 0.5) is 0 Å². The van der Waals surface area contributed by atoms with Crippen LogP contribution in [0.15, 0.2) is 0 Å². The van der Waals surface area contributed by atoms with Crippen LogP contribution in [0.3, 0.4) is 0 Å². The van der Waals surface area contributed by atoms with E-state index in [1.165, 1.54) is 12.8 Å². The second-order valence-electron chi connectivity index (χ2n) is 3.40. The Kier molecular flexibility index (Phi) is 13.2. The fourth-order valence-corrected chi connectivity index (χ4v) is 1.16. The lowest BCUT2D eigenvalue weighted by Gasteiger charge is -2.15. The molecule has 0 aromatic carbocycles. The zero-order valence-electron chi connectivity index (χ0n) is 9.43. The summed E-state index contributed by atoms with van der Waals surface area (Å²) in [5.41, 5.74) is 0. The highest BCUT2D eigenvalue weighted by Gasteiger charge is 2.09. The third kappa shape index (κ3) is 9.96. The first-order chi connectivity index (χ1) is 5.63.